The summed E-state index contributed by atoms with van der Waals surface area (Å²) >= 11 is 5.63. The van der Waals surface area contributed by atoms with Gasteiger partial charge in [0.1, 0.15) is 5.82 Å². The molecular weight excluding hydrogens is 214 g/mol. The normalized spacial score (nSPS) is 10.8. The molecule has 0 aliphatic heterocycles. The zero-order chi connectivity index (χ0) is 10.7. The topological polar surface area (TPSA) is 48.5 Å². The number of rotatable bonds is 4. The van der Waals surface area contributed by atoms with Crippen molar-refractivity contribution in [2.75, 3.05) is 0 Å². The Morgan fingerprint density at radius 2 is 2.27 bits per heavy atom. The van der Waals surface area contributed by atoms with Crippen LogP contribution in [0.25, 0.3) is 0 Å². The lowest BCUT2D eigenvalue weighted by molar-refractivity contribution is 0.513. The maximum absolute atomic E-state index is 5.63. The van der Waals surface area contributed by atoms with Crippen LogP contribution in [0.1, 0.15) is 11.5 Å². The predicted molar refractivity (Wildman–Crippen MR) is 56.5 cm³/mol. The van der Waals surface area contributed by atoms with Gasteiger partial charge in [-0.3, -0.25) is 4.68 Å². The molecule has 0 saturated heterocycles. The summed E-state index contributed by atoms with van der Waals surface area (Å²) < 4.78 is 3.86. The average molecular weight is 226 g/mol. The molecule has 0 fully saturated rings. The van der Waals surface area contributed by atoms with Gasteiger partial charge in [-0.05, 0) is 6.92 Å². The van der Waals surface area contributed by atoms with Gasteiger partial charge in [0.15, 0.2) is 0 Å². The molecule has 6 heteroatoms. The number of hydrogen-bond acceptors (Lipinski definition) is 3. The number of halogens is 1. The van der Waals surface area contributed by atoms with Crippen molar-refractivity contribution in [2.45, 2.75) is 25.9 Å². The standard InChI is InChI=1S/C9H12ClN5/c1-8-11-2-3-14(8)4-5-15-7-9(6-10)12-13-15/h2-3,7H,4-6H2,1H3. The molecule has 0 radical (unpaired) electrons. The highest BCUT2D eigenvalue weighted by atomic mass is 35.5. The lowest BCUT2D eigenvalue weighted by atomic mass is 10.5. The second-order valence-electron chi connectivity index (χ2n) is 3.27. The molecule has 0 amide bonds. The zero-order valence-corrected chi connectivity index (χ0v) is 9.22. The third-order valence-corrected chi connectivity index (χ3v) is 2.49. The first-order valence-electron chi connectivity index (χ1n) is 4.72. The molecule has 0 aromatic carbocycles. The van der Waals surface area contributed by atoms with Crippen molar-refractivity contribution in [2.24, 2.45) is 0 Å². The SMILES string of the molecule is Cc1nccn1CCn1cc(CCl)nn1. The van der Waals surface area contributed by atoms with E-state index in [0.717, 1.165) is 24.6 Å². The van der Waals surface area contributed by atoms with Gasteiger partial charge in [0, 0.05) is 25.1 Å². The Morgan fingerprint density at radius 3 is 2.87 bits per heavy atom. The van der Waals surface area contributed by atoms with Gasteiger partial charge in [-0.1, -0.05) is 5.21 Å². The monoisotopic (exact) mass is 225 g/mol. The minimum absolute atomic E-state index is 0.407. The molecule has 0 aliphatic carbocycles. The fourth-order valence-corrected chi connectivity index (χ4v) is 1.48. The quantitative estimate of drug-likeness (QED) is 0.736. The third kappa shape index (κ3) is 2.36. The van der Waals surface area contributed by atoms with Crippen molar-refractivity contribution in [1.29, 1.82) is 0 Å². The second kappa shape index (κ2) is 4.44. The first-order chi connectivity index (χ1) is 7.29. The Bertz CT molecular complexity index is 433. The molecular formula is C9H12ClN5. The van der Waals surface area contributed by atoms with Gasteiger partial charge in [0.05, 0.1) is 18.1 Å². The minimum atomic E-state index is 0.407. The van der Waals surface area contributed by atoms with Crippen LogP contribution in [0.3, 0.4) is 0 Å². The molecule has 2 aromatic rings. The molecule has 2 aromatic heterocycles. The molecule has 5 nitrogen and oxygen atoms in total. The number of aromatic nitrogens is 5. The third-order valence-electron chi connectivity index (χ3n) is 2.22. The lowest BCUT2D eigenvalue weighted by Gasteiger charge is -2.03. The predicted octanol–water partition coefficient (Wildman–Crippen LogP) is 1.22. The molecule has 0 unspecified atom stereocenters. The fraction of sp³-hybridized carbons (Fsp3) is 0.444. The highest BCUT2D eigenvalue weighted by Gasteiger charge is 2.00. The number of alkyl halides is 1. The summed E-state index contributed by atoms with van der Waals surface area (Å²) in [5, 5.41) is 7.88. The summed E-state index contributed by atoms with van der Waals surface area (Å²) in [5.41, 5.74) is 0.805. The number of aryl methyl sites for hydroxylation is 3. The van der Waals surface area contributed by atoms with Crippen LogP contribution < -0.4 is 0 Å². The largest absolute Gasteiger partial charge is 0.333 e. The Kier molecular flexibility index (Phi) is 3.01. The van der Waals surface area contributed by atoms with Crippen molar-refractivity contribution in [1.82, 2.24) is 24.5 Å². The summed E-state index contributed by atoms with van der Waals surface area (Å²) in [6.45, 7) is 3.60. The van der Waals surface area contributed by atoms with E-state index >= 15 is 0 Å². The Morgan fingerprint density at radius 1 is 1.40 bits per heavy atom. The molecule has 2 rings (SSSR count). The van der Waals surface area contributed by atoms with Crippen LogP contribution in [0.2, 0.25) is 0 Å². The van der Waals surface area contributed by atoms with E-state index in [9.17, 15) is 0 Å². The first kappa shape index (κ1) is 10.2. The summed E-state index contributed by atoms with van der Waals surface area (Å²) in [6.07, 6.45) is 5.61. The fourth-order valence-electron chi connectivity index (χ4n) is 1.36. The van der Waals surface area contributed by atoms with E-state index in [4.69, 9.17) is 11.6 Å². The highest BCUT2D eigenvalue weighted by molar-refractivity contribution is 6.16. The van der Waals surface area contributed by atoms with Gasteiger partial charge < -0.3 is 4.57 Å². The molecule has 80 valence electrons. The van der Waals surface area contributed by atoms with Crippen LogP contribution in [0, 0.1) is 6.92 Å². The van der Waals surface area contributed by atoms with Gasteiger partial charge in [-0.2, -0.15) is 0 Å². The Balaban J connectivity index is 1.96. The van der Waals surface area contributed by atoms with Crippen molar-refractivity contribution >= 4 is 11.6 Å². The summed E-state index contributed by atoms with van der Waals surface area (Å²) in [7, 11) is 0. The van der Waals surface area contributed by atoms with Crippen LogP contribution >= 0.6 is 11.6 Å². The van der Waals surface area contributed by atoms with Gasteiger partial charge in [0.2, 0.25) is 0 Å². The Hall–Kier alpha value is -1.36. The van der Waals surface area contributed by atoms with Crippen molar-refractivity contribution < 1.29 is 0 Å². The number of imidazole rings is 1. The molecule has 0 N–H and O–H groups in total. The van der Waals surface area contributed by atoms with Crippen molar-refractivity contribution in [3.05, 3.63) is 30.1 Å². The second-order valence-corrected chi connectivity index (χ2v) is 3.54. The average Bonchev–Trinajstić information content (AvgIpc) is 2.84. The van der Waals surface area contributed by atoms with E-state index in [2.05, 4.69) is 19.9 Å². The maximum atomic E-state index is 5.63. The van der Waals surface area contributed by atoms with Crippen LogP contribution in [0.15, 0.2) is 18.6 Å². The van der Waals surface area contributed by atoms with E-state index in [1.165, 1.54) is 0 Å². The van der Waals surface area contributed by atoms with E-state index in [-0.39, 0.29) is 0 Å². The van der Waals surface area contributed by atoms with E-state index in [1.807, 2.05) is 19.3 Å². The summed E-state index contributed by atoms with van der Waals surface area (Å²) in [6, 6.07) is 0. The molecule has 0 aliphatic rings. The molecule has 0 bridgehead atoms. The first-order valence-corrected chi connectivity index (χ1v) is 5.26. The molecule has 2 heterocycles. The smallest absolute Gasteiger partial charge is 0.105 e. The molecule has 0 spiro atoms. The summed E-state index contributed by atoms with van der Waals surface area (Å²) in [4.78, 5) is 4.15. The molecule has 0 saturated carbocycles. The lowest BCUT2D eigenvalue weighted by Crippen LogP contribution is -2.08. The number of hydrogen-bond donors (Lipinski definition) is 0. The zero-order valence-electron chi connectivity index (χ0n) is 8.47. The van der Waals surface area contributed by atoms with Gasteiger partial charge in [-0.25, -0.2) is 4.98 Å². The summed E-state index contributed by atoms with van der Waals surface area (Å²) in [5.74, 6) is 1.41. The van der Waals surface area contributed by atoms with Gasteiger partial charge >= 0.3 is 0 Å². The van der Waals surface area contributed by atoms with Crippen LogP contribution in [-0.2, 0) is 19.0 Å². The van der Waals surface area contributed by atoms with Crippen LogP contribution in [0.5, 0.6) is 0 Å². The maximum Gasteiger partial charge on any atom is 0.105 e. The van der Waals surface area contributed by atoms with E-state index in [1.54, 1.807) is 10.9 Å². The number of nitrogens with zero attached hydrogens (tertiary/aromatic N) is 5. The van der Waals surface area contributed by atoms with E-state index in [0.29, 0.717) is 5.88 Å². The van der Waals surface area contributed by atoms with E-state index < -0.39 is 0 Å². The minimum Gasteiger partial charge on any atom is -0.333 e. The van der Waals surface area contributed by atoms with Gasteiger partial charge in [0.25, 0.3) is 0 Å². The molecule has 0 atom stereocenters. The Labute approximate surface area is 92.7 Å². The van der Waals surface area contributed by atoms with Crippen molar-refractivity contribution in [3.8, 4) is 0 Å². The highest BCUT2D eigenvalue weighted by Crippen LogP contribution is 1.99. The van der Waals surface area contributed by atoms with Gasteiger partial charge in [-0.15, -0.1) is 16.7 Å². The van der Waals surface area contributed by atoms with Crippen molar-refractivity contribution in [3.63, 3.8) is 0 Å². The van der Waals surface area contributed by atoms with Crippen LogP contribution in [0.4, 0.5) is 0 Å². The molecule has 15 heavy (non-hydrogen) atoms. The van der Waals surface area contributed by atoms with Crippen LogP contribution in [-0.4, -0.2) is 24.5 Å².